The van der Waals surface area contributed by atoms with Gasteiger partial charge in [0.25, 0.3) is 0 Å². The van der Waals surface area contributed by atoms with Crippen LogP contribution in [-0.2, 0) is 10.9 Å². The van der Waals surface area contributed by atoms with Crippen LogP contribution in [-0.4, -0.2) is 59.0 Å². The lowest BCUT2D eigenvalue weighted by Crippen LogP contribution is -2.57. The molecule has 1 amide bonds. The molecule has 1 saturated heterocycles. The first-order valence-electron chi connectivity index (χ1n) is 8.81. The average molecular weight is 417 g/mol. The lowest BCUT2D eigenvalue weighted by atomic mass is 10.2. The molecule has 10 heteroatoms. The number of anilines is 1. The Bertz CT molecular complexity index is 863. The van der Waals surface area contributed by atoms with Gasteiger partial charge in [-0.05, 0) is 39.0 Å². The number of hydrogen-bond acceptors (Lipinski definition) is 6. The molecule has 1 aromatic heterocycles. The van der Waals surface area contributed by atoms with Crippen molar-refractivity contribution < 1.29 is 27.8 Å². The Hall–Kier alpha value is -2.07. The highest BCUT2D eigenvalue weighted by atomic mass is 32.1. The summed E-state index contributed by atoms with van der Waals surface area (Å²) in [5.74, 6) is 0. The summed E-state index contributed by atoms with van der Waals surface area (Å²) >= 11 is 1.14. The third-order valence-corrected chi connectivity index (χ3v) is 5.35. The zero-order valence-corrected chi connectivity index (χ0v) is 16.6. The first-order chi connectivity index (χ1) is 13.0. The van der Waals surface area contributed by atoms with Gasteiger partial charge < -0.3 is 19.6 Å². The van der Waals surface area contributed by atoms with Gasteiger partial charge in [-0.1, -0.05) is 11.3 Å². The van der Waals surface area contributed by atoms with Crippen molar-refractivity contribution >= 4 is 32.8 Å². The summed E-state index contributed by atoms with van der Waals surface area (Å²) in [6.45, 7) is 6.13. The number of piperazine rings is 1. The maximum absolute atomic E-state index is 12.9. The highest BCUT2D eigenvalue weighted by Gasteiger charge is 2.34. The Morgan fingerprint density at radius 3 is 2.64 bits per heavy atom. The lowest BCUT2D eigenvalue weighted by molar-refractivity contribution is -0.137. The third-order valence-electron chi connectivity index (χ3n) is 4.30. The molecular formula is C18H22F3N3O3S. The van der Waals surface area contributed by atoms with Gasteiger partial charge in [0.15, 0.2) is 5.13 Å². The Kier molecular flexibility index (Phi) is 5.46. The van der Waals surface area contributed by atoms with Crippen molar-refractivity contribution in [2.75, 3.05) is 31.1 Å². The van der Waals surface area contributed by atoms with E-state index in [-0.39, 0.29) is 13.2 Å². The number of thiazole rings is 1. The molecule has 1 aliphatic heterocycles. The number of rotatable bonds is 2. The fraction of sp³-hybridized carbons (Fsp3) is 0.556. The number of benzene rings is 1. The fourth-order valence-corrected chi connectivity index (χ4v) is 4.07. The molecule has 0 radical (unpaired) electrons. The first kappa shape index (κ1) is 20.7. The van der Waals surface area contributed by atoms with E-state index in [1.165, 1.54) is 11.0 Å². The molecule has 28 heavy (non-hydrogen) atoms. The van der Waals surface area contributed by atoms with E-state index >= 15 is 0 Å². The predicted octanol–water partition coefficient (Wildman–Crippen LogP) is 3.73. The minimum absolute atomic E-state index is 0.219. The maximum Gasteiger partial charge on any atom is 0.416 e. The second-order valence-electron chi connectivity index (χ2n) is 7.63. The normalized spacial score (nSPS) is 18.6. The third kappa shape index (κ3) is 4.49. The molecule has 6 nitrogen and oxygen atoms in total. The SMILES string of the molecule is CC(C)(C)OC(=O)N1CCN(c2nc3ccc(C(F)(F)F)cc3s2)C(CO)C1. The number of halogens is 3. The lowest BCUT2D eigenvalue weighted by Gasteiger charge is -2.40. The van der Waals surface area contributed by atoms with Gasteiger partial charge in [0, 0.05) is 19.6 Å². The summed E-state index contributed by atoms with van der Waals surface area (Å²) in [6, 6.07) is 3.03. The Morgan fingerprint density at radius 1 is 1.32 bits per heavy atom. The summed E-state index contributed by atoms with van der Waals surface area (Å²) in [5.41, 5.74) is -0.866. The van der Waals surface area contributed by atoms with Gasteiger partial charge >= 0.3 is 12.3 Å². The quantitative estimate of drug-likeness (QED) is 0.807. The topological polar surface area (TPSA) is 65.9 Å². The summed E-state index contributed by atoms with van der Waals surface area (Å²) in [4.78, 5) is 20.1. The number of hydrogen-bond donors (Lipinski definition) is 1. The van der Waals surface area contributed by atoms with E-state index in [9.17, 15) is 23.1 Å². The predicted molar refractivity (Wildman–Crippen MR) is 101 cm³/mol. The Balaban J connectivity index is 1.79. The van der Waals surface area contributed by atoms with E-state index in [1.54, 1.807) is 20.8 Å². The highest BCUT2D eigenvalue weighted by Crippen LogP contribution is 2.36. The molecule has 1 unspecified atom stereocenters. The number of aliphatic hydroxyl groups is 1. The number of alkyl halides is 3. The number of aromatic nitrogens is 1. The number of nitrogens with zero attached hydrogens (tertiary/aromatic N) is 3. The average Bonchev–Trinajstić information content (AvgIpc) is 3.01. The fourth-order valence-electron chi connectivity index (χ4n) is 2.97. The number of carbonyl (C=O) groups excluding carboxylic acids is 1. The first-order valence-corrected chi connectivity index (χ1v) is 9.63. The van der Waals surface area contributed by atoms with Crippen molar-refractivity contribution in [3.05, 3.63) is 23.8 Å². The van der Waals surface area contributed by atoms with Gasteiger partial charge in [-0.25, -0.2) is 9.78 Å². The van der Waals surface area contributed by atoms with Crippen LogP contribution in [0.2, 0.25) is 0 Å². The molecule has 1 aliphatic rings. The second kappa shape index (κ2) is 7.40. The molecule has 154 valence electrons. The van der Waals surface area contributed by atoms with E-state index in [4.69, 9.17) is 4.74 Å². The summed E-state index contributed by atoms with van der Waals surface area (Å²) in [5, 5.41) is 10.3. The standard InChI is InChI=1S/C18H22F3N3O3S/c1-17(2,3)27-16(26)23-6-7-24(12(9-23)10-25)15-22-13-5-4-11(18(19,20)21)8-14(13)28-15/h4-5,8,12,25H,6-7,9-10H2,1-3H3. The van der Waals surface area contributed by atoms with Crippen LogP contribution in [0.5, 0.6) is 0 Å². The minimum Gasteiger partial charge on any atom is -0.444 e. The molecule has 0 saturated carbocycles. The number of carbonyl (C=O) groups is 1. The largest absolute Gasteiger partial charge is 0.444 e. The van der Waals surface area contributed by atoms with Gasteiger partial charge in [0.1, 0.15) is 5.60 Å². The van der Waals surface area contributed by atoms with Crippen LogP contribution in [0.4, 0.5) is 23.1 Å². The van der Waals surface area contributed by atoms with Crippen LogP contribution in [0.25, 0.3) is 10.2 Å². The summed E-state index contributed by atoms with van der Waals surface area (Å²) < 4.78 is 44.6. The van der Waals surface area contributed by atoms with E-state index < -0.39 is 29.5 Å². The van der Waals surface area contributed by atoms with Crippen molar-refractivity contribution in [3.8, 4) is 0 Å². The van der Waals surface area contributed by atoms with Crippen LogP contribution < -0.4 is 4.90 Å². The van der Waals surface area contributed by atoms with Crippen molar-refractivity contribution in [1.29, 1.82) is 0 Å². The summed E-state index contributed by atoms with van der Waals surface area (Å²) in [6.07, 6.45) is -4.87. The molecular weight excluding hydrogens is 395 g/mol. The van der Waals surface area contributed by atoms with Crippen LogP contribution in [0, 0.1) is 0 Å². The molecule has 1 atom stereocenters. The molecule has 0 bridgehead atoms. The molecule has 1 N–H and O–H groups in total. The Morgan fingerprint density at radius 2 is 2.04 bits per heavy atom. The number of aliphatic hydroxyl groups excluding tert-OH is 1. The van der Waals surface area contributed by atoms with Crippen molar-refractivity contribution in [2.45, 2.75) is 38.6 Å². The maximum atomic E-state index is 12.9. The minimum atomic E-state index is -4.41. The highest BCUT2D eigenvalue weighted by molar-refractivity contribution is 7.22. The molecule has 0 spiro atoms. The van der Waals surface area contributed by atoms with Gasteiger partial charge in [-0.2, -0.15) is 13.2 Å². The number of fused-ring (bicyclic) bond motifs is 1. The van der Waals surface area contributed by atoms with Crippen LogP contribution in [0.1, 0.15) is 26.3 Å². The molecule has 1 aromatic carbocycles. The molecule has 1 fully saturated rings. The molecule has 2 aromatic rings. The smallest absolute Gasteiger partial charge is 0.416 e. The summed E-state index contributed by atoms with van der Waals surface area (Å²) in [7, 11) is 0. The van der Waals surface area contributed by atoms with Gasteiger partial charge in [0.05, 0.1) is 28.4 Å². The Labute approximate surface area is 164 Å². The van der Waals surface area contributed by atoms with Crippen molar-refractivity contribution in [1.82, 2.24) is 9.88 Å². The molecule has 0 aliphatic carbocycles. The van der Waals surface area contributed by atoms with E-state index in [1.807, 2.05) is 4.90 Å². The van der Waals surface area contributed by atoms with Crippen LogP contribution in [0.3, 0.4) is 0 Å². The van der Waals surface area contributed by atoms with Crippen LogP contribution in [0.15, 0.2) is 18.2 Å². The van der Waals surface area contributed by atoms with E-state index in [0.717, 1.165) is 23.5 Å². The monoisotopic (exact) mass is 417 g/mol. The number of amides is 1. The van der Waals surface area contributed by atoms with Crippen molar-refractivity contribution in [2.24, 2.45) is 0 Å². The van der Waals surface area contributed by atoms with Gasteiger partial charge in [0.2, 0.25) is 0 Å². The van der Waals surface area contributed by atoms with Gasteiger partial charge in [-0.15, -0.1) is 0 Å². The second-order valence-corrected chi connectivity index (χ2v) is 8.64. The molecule has 3 rings (SSSR count). The zero-order valence-electron chi connectivity index (χ0n) is 15.8. The molecule has 2 heterocycles. The number of ether oxygens (including phenoxy) is 1. The van der Waals surface area contributed by atoms with E-state index in [2.05, 4.69) is 4.98 Å². The van der Waals surface area contributed by atoms with E-state index in [0.29, 0.717) is 28.4 Å². The van der Waals surface area contributed by atoms with Crippen LogP contribution >= 0.6 is 11.3 Å². The van der Waals surface area contributed by atoms with Gasteiger partial charge in [-0.3, -0.25) is 0 Å². The zero-order chi connectivity index (χ0) is 20.7. The van der Waals surface area contributed by atoms with Crippen molar-refractivity contribution in [3.63, 3.8) is 0 Å².